The van der Waals surface area contributed by atoms with E-state index in [1.807, 2.05) is 82.6 Å². The van der Waals surface area contributed by atoms with Gasteiger partial charge in [0, 0.05) is 63.5 Å². The Morgan fingerprint density at radius 2 is 1.40 bits per heavy atom. The zero-order chi connectivity index (χ0) is 30.4. The maximum atomic E-state index is 13.4. The van der Waals surface area contributed by atoms with Gasteiger partial charge in [-0.25, -0.2) is 0 Å². The fourth-order valence-corrected chi connectivity index (χ4v) is 5.73. The number of amides is 3. The van der Waals surface area contributed by atoms with Crippen molar-refractivity contribution in [1.82, 2.24) is 15.1 Å². The molecule has 3 aromatic carbocycles. The Bertz CT molecular complexity index is 1430. The van der Waals surface area contributed by atoms with Gasteiger partial charge < -0.3 is 25.3 Å². The van der Waals surface area contributed by atoms with Crippen LogP contribution in [0.4, 0.5) is 11.4 Å². The molecule has 226 valence electrons. The number of hydrogen-bond donors (Lipinski definition) is 2. The standard InChI is InChI=1S/C35H43N5O3/c1-35(2,3)29-13-10-27(11-14-29)33(42)39-19-7-18-38(22-23-39)31-15-12-28(34(43)40-20-16-36-17-21-40)25-30(31)37-32(41)24-26-8-5-4-6-9-26/h4-6,8-15,25,36H,7,16-24H2,1-3H3,(H,37,41). The van der Waals surface area contributed by atoms with Crippen LogP contribution in [0.15, 0.2) is 72.8 Å². The molecule has 0 spiro atoms. The lowest BCUT2D eigenvalue weighted by Gasteiger charge is -2.29. The Labute approximate surface area is 255 Å². The Balaban J connectivity index is 1.34. The van der Waals surface area contributed by atoms with E-state index < -0.39 is 0 Å². The molecule has 2 aliphatic heterocycles. The van der Waals surface area contributed by atoms with Gasteiger partial charge in [0.1, 0.15) is 0 Å². The highest BCUT2D eigenvalue weighted by atomic mass is 16.2. The van der Waals surface area contributed by atoms with Crippen molar-refractivity contribution in [1.29, 1.82) is 0 Å². The van der Waals surface area contributed by atoms with Crippen molar-refractivity contribution in [3.63, 3.8) is 0 Å². The summed E-state index contributed by atoms with van der Waals surface area (Å²) in [4.78, 5) is 45.9. The van der Waals surface area contributed by atoms with Crippen LogP contribution in [0.5, 0.6) is 0 Å². The summed E-state index contributed by atoms with van der Waals surface area (Å²) in [5.41, 5.74) is 4.91. The minimum atomic E-state index is -0.135. The maximum absolute atomic E-state index is 13.4. The summed E-state index contributed by atoms with van der Waals surface area (Å²) >= 11 is 0. The molecule has 0 atom stereocenters. The molecule has 8 heteroatoms. The van der Waals surface area contributed by atoms with Gasteiger partial charge in [0.15, 0.2) is 0 Å². The molecule has 0 aliphatic carbocycles. The maximum Gasteiger partial charge on any atom is 0.254 e. The van der Waals surface area contributed by atoms with Crippen LogP contribution >= 0.6 is 0 Å². The molecule has 8 nitrogen and oxygen atoms in total. The third-order valence-corrected chi connectivity index (χ3v) is 8.25. The third kappa shape index (κ3) is 7.62. The summed E-state index contributed by atoms with van der Waals surface area (Å²) in [6.07, 6.45) is 1.04. The van der Waals surface area contributed by atoms with E-state index in [2.05, 4.69) is 36.3 Å². The molecular weight excluding hydrogens is 538 g/mol. The van der Waals surface area contributed by atoms with E-state index in [0.29, 0.717) is 49.5 Å². The molecule has 43 heavy (non-hydrogen) atoms. The topological polar surface area (TPSA) is 85.0 Å². The van der Waals surface area contributed by atoms with E-state index in [1.54, 1.807) is 0 Å². The summed E-state index contributed by atoms with van der Waals surface area (Å²) in [6.45, 7) is 11.9. The molecule has 2 saturated heterocycles. The number of nitrogens with zero attached hydrogens (tertiary/aromatic N) is 3. The molecule has 0 saturated carbocycles. The average Bonchev–Trinajstić information content (AvgIpc) is 3.27. The van der Waals surface area contributed by atoms with Crippen molar-refractivity contribution in [2.75, 3.05) is 62.6 Å². The number of anilines is 2. The zero-order valence-electron chi connectivity index (χ0n) is 25.6. The average molecular weight is 582 g/mol. The van der Waals surface area contributed by atoms with Gasteiger partial charge in [-0.3, -0.25) is 14.4 Å². The molecule has 5 rings (SSSR count). The second-order valence-corrected chi connectivity index (χ2v) is 12.4. The summed E-state index contributed by atoms with van der Waals surface area (Å²) in [7, 11) is 0. The number of rotatable bonds is 6. The Morgan fingerprint density at radius 3 is 2.09 bits per heavy atom. The van der Waals surface area contributed by atoms with Gasteiger partial charge in [-0.1, -0.05) is 63.2 Å². The lowest BCUT2D eigenvalue weighted by molar-refractivity contribution is -0.115. The normalized spacial score (nSPS) is 16.0. The predicted octanol–water partition coefficient (Wildman–Crippen LogP) is 4.56. The summed E-state index contributed by atoms with van der Waals surface area (Å²) in [5, 5.41) is 6.39. The third-order valence-electron chi connectivity index (χ3n) is 8.25. The van der Waals surface area contributed by atoms with E-state index in [-0.39, 0.29) is 29.6 Å². The van der Waals surface area contributed by atoms with Crippen molar-refractivity contribution >= 4 is 29.1 Å². The van der Waals surface area contributed by atoms with Gasteiger partial charge in [-0.2, -0.15) is 0 Å². The quantitative estimate of drug-likeness (QED) is 0.446. The molecule has 0 radical (unpaired) electrons. The number of nitrogens with one attached hydrogen (secondary N) is 2. The lowest BCUT2D eigenvalue weighted by Crippen LogP contribution is -2.46. The van der Waals surface area contributed by atoms with E-state index in [4.69, 9.17) is 0 Å². The van der Waals surface area contributed by atoms with E-state index >= 15 is 0 Å². The fraction of sp³-hybridized carbons (Fsp3) is 0.400. The minimum Gasteiger partial charge on any atom is -0.368 e. The molecule has 2 heterocycles. The van der Waals surface area contributed by atoms with Gasteiger partial charge in [0.05, 0.1) is 17.8 Å². The first-order chi connectivity index (χ1) is 20.7. The van der Waals surface area contributed by atoms with Crippen molar-refractivity contribution in [2.45, 2.75) is 39.0 Å². The Kier molecular flexibility index (Phi) is 9.46. The highest BCUT2D eigenvalue weighted by molar-refractivity contribution is 6.00. The molecular formula is C35H43N5O3. The summed E-state index contributed by atoms with van der Waals surface area (Å²) in [5.74, 6) is -0.128. The first-order valence-corrected chi connectivity index (χ1v) is 15.3. The minimum absolute atomic E-state index is 0.0308. The highest BCUT2D eigenvalue weighted by Gasteiger charge is 2.25. The van der Waals surface area contributed by atoms with Crippen molar-refractivity contribution in [2.24, 2.45) is 0 Å². The van der Waals surface area contributed by atoms with E-state index in [0.717, 1.165) is 37.3 Å². The van der Waals surface area contributed by atoms with Crippen LogP contribution in [0.3, 0.4) is 0 Å². The molecule has 3 aromatic rings. The molecule has 0 bridgehead atoms. The first kappa shape index (κ1) is 30.3. The van der Waals surface area contributed by atoms with E-state index in [1.165, 1.54) is 5.56 Å². The monoisotopic (exact) mass is 581 g/mol. The van der Waals surface area contributed by atoms with Gasteiger partial charge >= 0.3 is 0 Å². The molecule has 3 amide bonds. The molecule has 2 aliphatic rings. The van der Waals surface area contributed by atoms with Gasteiger partial charge in [0.25, 0.3) is 11.8 Å². The second-order valence-electron chi connectivity index (χ2n) is 12.4. The number of benzene rings is 3. The zero-order valence-corrected chi connectivity index (χ0v) is 25.6. The molecule has 2 N–H and O–H groups in total. The molecule has 0 unspecified atom stereocenters. The van der Waals surface area contributed by atoms with Crippen LogP contribution < -0.4 is 15.5 Å². The van der Waals surface area contributed by atoms with Gasteiger partial charge in [0.2, 0.25) is 5.91 Å². The van der Waals surface area contributed by atoms with Gasteiger partial charge in [-0.05, 0) is 53.3 Å². The van der Waals surface area contributed by atoms with Crippen LogP contribution in [-0.4, -0.2) is 79.9 Å². The van der Waals surface area contributed by atoms with Crippen LogP contribution in [0.25, 0.3) is 0 Å². The second kappa shape index (κ2) is 13.4. The number of carbonyl (C=O) groups is 3. The Hall–Kier alpha value is -4.17. The van der Waals surface area contributed by atoms with Crippen LogP contribution in [0.1, 0.15) is 59.0 Å². The summed E-state index contributed by atoms with van der Waals surface area (Å²) in [6, 6.07) is 23.2. The number of piperazine rings is 1. The van der Waals surface area contributed by atoms with E-state index in [9.17, 15) is 14.4 Å². The van der Waals surface area contributed by atoms with Crippen molar-refractivity contribution < 1.29 is 14.4 Å². The molecule has 0 aromatic heterocycles. The Morgan fingerprint density at radius 1 is 0.744 bits per heavy atom. The van der Waals surface area contributed by atoms with Crippen LogP contribution in [0.2, 0.25) is 0 Å². The first-order valence-electron chi connectivity index (χ1n) is 15.3. The molecule has 2 fully saturated rings. The lowest BCUT2D eigenvalue weighted by atomic mass is 9.86. The largest absolute Gasteiger partial charge is 0.368 e. The predicted molar refractivity (Wildman–Crippen MR) is 172 cm³/mol. The smallest absolute Gasteiger partial charge is 0.254 e. The van der Waals surface area contributed by atoms with Crippen molar-refractivity contribution in [3.05, 3.63) is 95.1 Å². The fourth-order valence-electron chi connectivity index (χ4n) is 5.73. The number of hydrogen-bond acceptors (Lipinski definition) is 5. The highest BCUT2D eigenvalue weighted by Crippen LogP contribution is 2.30. The van der Waals surface area contributed by atoms with Crippen molar-refractivity contribution in [3.8, 4) is 0 Å². The van der Waals surface area contributed by atoms with Crippen LogP contribution in [0, 0.1) is 0 Å². The van der Waals surface area contributed by atoms with Crippen LogP contribution in [-0.2, 0) is 16.6 Å². The number of carbonyl (C=O) groups excluding carboxylic acids is 3. The van der Waals surface area contributed by atoms with Gasteiger partial charge in [-0.15, -0.1) is 0 Å². The SMILES string of the molecule is CC(C)(C)c1ccc(C(=O)N2CCCN(c3ccc(C(=O)N4CCNCC4)cc3NC(=O)Cc3ccccc3)CC2)cc1. The summed E-state index contributed by atoms with van der Waals surface area (Å²) < 4.78 is 0.